The molecule has 12 heteroatoms. The lowest BCUT2D eigenvalue weighted by Gasteiger charge is -2.55. The van der Waals surface area contributed by atoms with Gasteiger partial charge in [0.05, 0.1) is 11.6 Å². The van der Waals surface area contributed by atoms with Crippen LogP contribution in [0.1, 0.15) is 90.0 Å². The third kappa shape index (κ3) is 7.35. The molecule has 2 heterocycles. The zero-order chi connectivity index (χ0) is 42.6. The second kappa shape index (κ2) is 16.2. The number of carbonyl (C=O) groups is 2. The molecule has 3 aromatic carbocycles. The molecule has 1 aliphatic heterocycles. The number of aromatic nitrogens is 1. The van der Waals surface area contributed by atoms with Crippen LogP contribution < -0.4 is 9.47 Å². The highest BCUT2D eigenvalue weighted by molar-refractivity contribution is 6.74. The molecule has 1 saturated heterocycles. The van der Waals surface area contributed by atoms with Crippen molar-refractivity contribution in [1.29, 1.82) is 0 Å². The number of ketones is 2. The van der Waals surface area contributed by atoms with Crippen LogP contribution in [0.3, 0.4) is 0 Å². The standard InChI is InChI=1S/C48H56FN3O7Si/c1-47(2,3)60(6,7)59-48-35(40(51(4)5)43-39(45(48)55)46(50-58-43)57-29-31-19-12-9-13-20-31)26-33-25-34-36(49)27-32(21-16-24-52-22-14-15-23-52)42(38(34)41(53)37(33)44(48)54)56-28-30-17-10-8-11-18-30/h8-13,16-21,27,33,35,40,53H,14-15,22-26,28-29H2,1-7H3/b21-16+/t33-,35-,40-,48-/m0/s1. The van der Waals surface area contributed by atoms with E-state index in [0.29, 0.717) is 17.9 Å². The van der Waals surface area contributed by atoms with Gasteiger partial charge >= 0.3 is 0 Å². The Morgan fingerprint density at radius 3 is 2.22 bits per heavy atom. The Kier molecular flexibility index (Phi) is 11.3. The van der Waals surface area contributed by atoms with E-state index >= 15 is 14.0 Å². The molecule has 3 aliphatic carbocycles. The Labute approximate surface area is 353 Å². The summed E-state index contributed by atoms with van der Waals surface area (Å²) < 4.78 is 42.6. The summed E-state index contributed by atoms with van der Waals surface area (Å²) in [7, 11) is 0.779. The molecular formula is C48H56FN3O7Si. The fourth-order valence-corrected chi connectivity index (χ4v) is 10.7. The first-order valence-corrected chi connectivity index (χ1v) is 24.0. The number of ether oxygens (including phenoxy) is 2. The molecule has 4 atom stereocenters. The third-order valence-electron chi connectivity index (χ3n) is 13.3. The van der Waals surface area contributed by atoms with E-state index in [-0.39, 0.29) is 65.7 Å². The monoisotopic (exact) mass is 833 g/mol. The van der Waals surface area contributed by atoms with Gasteiger partial charge in [-0.15, -0.1) is 0 Å². The Morgan fingerprint density at radius 1 is 0.967 bits per heavy atom. The van der Waals surface area contributed by atoms with Gasteiger partial charge in [-0.2, -0.15) is 0 Å². The maximum atomic E-state index is 16.6. The Balaban J connectivity index is 1.29. The molecule has 0 spiro atoms. The van der Waals surface area contributed by atoms with Crippen molar-refractivity contribution < 1.29 is 37.5 Å². The van der Waals surface area contributed by atoms with Crippen molar-refractivity contribution in [3.63, 3.8) is 0 Å². The number of carbonyl (C=O) groups excluding carboxylic acids is 2. The summed E-state index contributed by atoms with van der Waals surface area (Å²) in [5, 5.41) is 16.5. The predicted molar refractivity (Wildman–Crippen MR) is 231 cm³/mol. The molecule has 10 nitrogen and oxygen atoms in total. The number of Topliss-reactive ketones (excluding diaryl/α,β-unsaturated/α-hetero) is 2. The number of fused-ring (bicyclic) bond motifs is 4. The summed E-state index contributed by atoms with van der Waals surface area (Å²) in [4.78, 5) is 35.8. The number of likely N-dealkylation sites (tertiary alicyclic amines) is 1. The van der Waals surface area contributed by atoms with Crippen LogP contribution >= 0.6 is 0 Å². The van der Waals surface area contributed by atoms with Crippen LogP contribution in [0.25, 0.3) is 11.8 Å². The molecule has 4 aromatic rings. The molecule has 0 bridgehead atoms. The largest absolute Gasteiger partial charge is 0.507 e. The summed E-state index contributed by atoms with van der Waals surface area (Å²) in [6.07, 6.45) is 6.45. The predicted octanol–water partition coefficient (Wildman–Crippen LogP) is 9.37. The second-order valence-electron chi connectivity index (χ2n) is 18.5. The summed E-state index contributed by atoms with van der Waals surface area (Å²) >= 11 is 0. The Hall–Kier alpha value is -4.88. The van der Waals surface area contributed by atoms with Crippen LogP contribution in [0.4, 0.5) is 4.39 Å². The van der Waals surface area contributed by atoms with Crippen molar-refractivity contribution in [2.75, 3.05) is 33.7 Å². The van der Waals surface area contributed by atoms with Crippen molar-refractivity contribution in [2.45, 2.75) is 89.4 Å². The van der Waals surface area contributed by atoms with Crippen molar-refractivity contribution in [3.8, 4) is 11.6 Å². The summed E-state index contributed by atoms with van der Waals surface area (Å²) in [6, 6.07) is 20.0. The quantitative estimate of drug-likeness (QED) is 0.109. The number of aliphatic hydroxyl groups is 1. The van der Waals surface area contributed by atoms with E-state index in [4.69, 9.17) is 18.4 Å². The minimum absolute atomic E-state index is 0.0199. The van der Waals surface area contributed by atoms with E-state index < -0.39 is 54.2 Å². The molecule has 2 fully saturated rings. The van der Waals surface area contributed by atoms with Crippen LogP contribution in [0.2, 0.25) is 18.1 Å². The molecule has 8 rings (SSSR count). The SMILES string of the molecule is CN(C)[C@@H]1c2onc(OCc3ccccc3)c2C(=O)[C@@]2(O[Si](C)(C)C(C)(C)C)C(=O)C3=C(O)c4c(c(F)cc(/C=C/CN5CCCC5)c4OCc4ccccc4)C[C@H]3C[C@@H]12. The van der Waals surface area contributed by atoms with E-state index in [9.17, 15) is 5.11 Å². The van der Waals surface area contributed by atoms with Crippen molar-refractivity contribution in [1.82, 2.24) is 15.0 Å². The fraction of sp³-hybridized carbons (Fsp3) is 0.438. The van der Waals surface area contributed by atoms with Gasteiger partial charge in [0.25, 0.3) is 5.88 Å². The Morgan fingerprint density at radius 2 is 1.60 bits per heavy atom. The van der Waals surface area contributed by atoms with Gasteiger partial charge in [0.2, 0.25) is 11.6 Å². The molecule has 1 saturated carbocycles. The molecule has 0 unspecified atom stereocenters. The molecule has 0 amide bonds. The third-order valence-corrected chi connectivity index (χ3v) is 17.8. The molecule has 1 aromatic heterocycles. The minimum Gasteiger partial charge on any atom is -0.507 e. The fourth-order valence-electron chi connectivity index (χ4n) is 9.29. The van der Waals surface area contributed by atoms with Crippen molar-refractivity contribution in [3.05, 3.63) is 123 Å². The number of benzene rings is 3. The number of rotatable bonds is 12. The zero-order valence-corrected chi connectivity index (χ0v) is 36.7. The van der Waals surface area contributed by atoms with Crippen molar-refractivity contribution >= 4 is 31.7 Å². The molecule has 60 heavy (non-hydrogen) atoms. The molecule has 1 N–H and O–H groups in total. The highest BCUT2D eigenvalue weighted by atomic mass is 28.4. The lowest BCUT2D eigenvalue weighted by molar-refractivity contribution is -0.140. The summed E-state index contributed by atoms with van der Waals surface area (Å²) in [5.41, 5.74) is 0.653. The number of halogens is 1. The maximum Gasteiger partial charge on any atom is 0.265 e. The van der Waals surface area contributed by atoms with E-state index in [2.05, 4.69) is 30.8 Å². The lowest BCUT2D eigenvalue weighted by atomic mass is 9.57. The van der Waals surface area contributed by atoms with Crippen LogP contribution in [0, 0.1) is 17.7 Å². The topological polar surface area (TPSA) is 115 Å². The van der Waals surface area contributed by atoms with E-state index in [1.165, 1.54) is 6.07 Å². The van der Waals surface area contributed by atoms with Gasteiger partial charge in [-0.05, 0) is 99.3 Å². The smallest absolute Gasteiger partial charge is 0.265 e. The van der Waals surface area contributed by atoms with E-state index in [0.717, 1.165) is 37.1 Å². The highest BCUT2D eigenvalue weighted by Crippen LogP contribution is 2.59. The van der Waals surface area contributed by atoms with Gasteiger partial charge in [-0.3, -0.25) is 19.4 Å². The van der Waals surface area contributed by atoms with Gasteiger partial charge in [0.15, 0.2) is 19.7 Å². The molecule has 316 valence electrons. The lowest BCUT2D eigenvalue weighted by Crippen LogP contribution is -2.68. The van der Waals surface area contributed by atoms with Crippen molar-refractivity contribution in [2.24, 2.45) is 11.8 Å². The molecule has 4 aliphatic rings. The zero-order valence-electron chi connectivity index (χ0n) is 35.7. The Bertz CT molecular complexity index is 2330. The van der Waals surface area contributed by atoms with Gasteiger partial charge < -0.3 is 23.5 Å². The normalized spacial score (nSPS) is 23.2. The van der Waals surface area contributed by atoms with Crippen LogP contribution in [0.15, 0.2) is 82.9 Å². The van der Waals surface area contributed by atoms with Gasteiger partial charge in [0, 0.05) is 29.2 Å². The van der Waals surface area contributed by atoms with Gasteiger partial charge in [0.1, 0.15) is 36.1 Å². The average molecular weight is 834 g/mol. The molecular weight excluding hydrogens is 778 g/mol. The summed E-state index contributed by atoms with van der Waals surface area (Å²) in [5.74, 6) is -2.95. The van der Waals surface area contributed by atoms with Crippen LogP contribution in [-0.2, 0) is 28.9 Å². The number of aliphatic hydroxyl groups excluding tert-OH is 1. The summed E-state index contributed by atoms with van der Waals surface area (Å²) in [6.45, 7) is 13.2. The first kappa shape index (κ1) is 41.8. The van der Waals surface area contributed by atoms with E-state index in [1.807, 2.05) is 105 Å². The maximum absolute atomic E-state index is 16.6. The van der Waals surface area contributed by atoms with Crippen LogP contribution in [-0.4, -0.2) is 79.3 Å². The number of hydrogen-bond acceptors (Lipinski definition) is 10. The second-order valence-corrected chi connectivity index (χ2v) is 23.2. The van der Waals surface area contributed by atoms with Crippen LogP contribution in [0.5, 0.6) is 11.6 Å². The van der Waals surface area contributed by atoms with Gasteiger partial charge in [-0.25, -0.2) is 4.39 Å². The first-order chi connectivity index (χ1) is 28.6. The highest BCUT2D eigenvalue weighted by Gasteiger charge is 2.69. The average Bonchev–Trinajstić information content (AvgIpc) is 3.89. The minimum atomic E-state index is -2.96. The van der Waals surface area contributed by atoms with Gasteiger partial charge in [-0.1, -0.05) is 93.6 Å². The van der Waals surface area contributed by atoms with E-state index in [1.54, 1.807) is 0 Å². The number of hydrogen-bond donors (Lipinski definition) is 1. The number of nitrogens with zero attached hydrogens (tertiary/aromatic N) is 3. The molecule has 0 radical (unpaired) electrons. The first-order valence-electron chi connectivity index (χ1n) is 21.1.